The van der Waals surface area contributed by atoms with Gasteiger partial charge in [0.05, 0.1) is 31.9 Å². The molecule has 0 aromatic heterocycles. The van der Waals surface area contributed by atoms with Gasteiger partial charge in [-0.15, -0.1) is 5.11 Å². The molecule has 0 saturated heterocycles. The van der Waals surface area contributed by atoms with Crippen molar-refractivity contribution < 1.29 is 66.6 Å². The maximum absolute atomic E-state index is 12.8. The van der Waals surface area contributed by atoms with Gasteiger partial charge >= 0.3 is 29.6 Å². The summed E-state index contributed by atoms with van der Waals surface area (Å²) in [5.74, 6) is 0.374. The standard InChI is InChI=1S/C26H23N3O8S.Na/c1-35-19-8-5-17(6-9-19)28-29-24-23(38(32,33)34)14-16-12-18(7-10-20(16)25(24)30)27-26(31)15-4-11-21(36-2)22(13-15)37-3;/h4-14,30H,1-3H3,(H,27,31)(H,32,33,34);/q;+1/p-1. The molecule has 0 unspecified atom stereocenters. The number of nitrogens with one attached hydrogen (secondary N) is 1. The van der Waals surface area contributed by atoms with Crippen molar-refractivity contribution in [2.24, 2.45) is 10.2 Å². The van der Waals surface area contributed by atoms with E-state index in [2.05, 4.69) is 15.5 Å². The van der Waals surface area contributed by atoms with E-state index in [0.29, 0.717) is 28.6 Å². The Morgan fingerprint density at radius 2 is 1.56 bits per heavy atom. The van der Waals surface area contributed by atoms with Gasteiger partial charge in [0.15, 0.2) is 17.2 Å². The van der Waals surface area contributed by atoms with E-state index >= 15 is 0 Å². The average Bonchev–Trinajstić information content (AvgIpc) is 2.91. The molecule has 2 N–H and O–H groups in total. The number of phenolic OH excluding ortho intramolecular Hbond substituents is 1. The Kier molecular flexibility index (Phi) is 9.54. The fourth-order valence-corrected chi connectivity index (χ4v) is 4.30. The first-order valence-electron chi connectivity index (χ1n) is 11.0. The van der Waals surface area contributed by atoms with E-state index in [9.17, 15) is 22.9 Å². The van der Waals surface area contributed by atoms with Gasteiger partial charge in [0.25, 0.3) is 5.91 Å². The number of azo groups is 1. The van der Waals surface area contributed by atoms with Crippen molar-refractivity contribution in [3.05, 3.63) is 72.3 Å². The van der Waals surface area contributed by atoms with Crippen molar-refractivity contribution >= 4 is 43.9 Å². The number of methoxy groups -OCH3 is 3. The number of benzene rings is 4. The average molecular weight is 560 g/mol. The molecule has 0 aliphatic rings. The topological polar surface area (TPSA) is 159 Å². The number of fused-ring (bicyclic) bond motifs is 1. The van der Waals surface area contributed by atoms with Gasteiger partial charge in [-0.05, 0) is 72.1 Å². The van der Waals surface area contributed by atoms with Gasteiger partial charge < -0.3 is 29.2 Å². The fraction of sp³-hybridized carbons (Fsp3) is 0.115. The van der Waals surface area contributed by atoms with Crippen LogP contribution in [0.25, 0.3) is 10.8 Å². The van der Waals surface area contributed by atoms with Crippen LogP contribution in [0, 0.1) is 0 Å². The predicted octanol–water partition coefficient (Wildman–Crippen LogP) is 2.15. The molecule has 0 radical (unpaired) electrons. The number of hydrogen-bond acceptors (Lipinski definition) is 10. The minimum Gasteiger partial charge on any atom is -0.744 e. The SMILES string of the molecule is COc1ccc(N=Nc2c(S(=O)(=O)[O-])cc3cc(NC(=O)c4ccc(OC)c(OC)c4)ccc3c2O)cc1.[Na+]. The molecule has 39 heavy (non-hydrogen) atoms. The number of aromatic hydroxyl groups is 1. The van der Waals surface area contributed by atoms with E-state index in [1.54, 1.807) is 36.4 Å². The number of phenols is 1. The van der Waals surface area contributed by atoms with E-state index < -0.39 is 32.4 Å². The Balaban J connectivity index is 0.00000420. The molecule has 0 saturated carbocycles. The summed E-state index contributed by atoms with van der Waals surface area (Å²) in [6.07, 6.45) is 0. The summed E-state index contributed by atoms with van der Waals surface area (Å²) in [5.41, 5.74) is 0.416. The first kappa shape index (κ1) is 29.9. The number of ether oxygens (including phenoxy) is 3. The summed E-state index contributed by atoms with van der Waals surface area (Å²) in [4.78, 5) is 12.0. The molecule has 4 aromatic carbocycles. The van der Waals surface area contributed by atoms with Gasteiger partial charge in [0.1, 0.15) is 21.6 Å². The largest absolute Gasteiger partial charge is 1.00 e. The van der Waals surface area contributed by atoms with E-state index in [-0.39, 0.29) is 45.9 Å². The van der Waals surface area contributed by atoms with Crippen molar-refractivity contribution in [1.29, 1.82) is 0 Å². The van der Waals surface area contributed by atoms with Crippen LogP contribution in [-0.2, 0) is 10.1 Å². The Morgan fingerprint density at radius 3 is 2.18 bits per heavy atom. The zero-order valence-corrected chi connectivity index (χ0v) is 24.3. The second-order valence-corrected chi connectivity index (χ2v) is 9.23. The number of nitrogens with zero attached hydrogens (tertiary/aromatic N) is 2. The smallest absolute Gasteiger partial charge is 0.744 e. The van der Waals surface area contributed by atoms with Crippen LogP contribution < -0.4 is 49.1 Å². The molecular formula is C26H22N3NaO8S. The zero-order chi connectivity index (χ0) is 27.4. The second-order valence-electron chi connectivity index (χ2n) is 7.88. The van der Waals surface area contributed by atoms with E-state index in [1.807, 2.05) is 0 Å². The van der Waals surface area contributed by atoms with Crippen LogP contribution >= 0.6 is 0 Å². The van der Waals surface area contributed by atoms with Crippen LogP contribution in [-0.4, -0.2) is 45.3 Å². The fourth-order valence-electron chi connectivity index (χ4n) is 3.65. The van der Waals surface area contributed by atoms with Gasteiger partial charge in [-0.25, -0.2) is 8.42 Å². The molecule has 4 rings (SSSR count). The minimum absolute atomic E-state index is 0. The van der Waals surface area contributed by atoms with Crippen LogP contribution in [0.5, 0.6) is 23.0 Å². The normalized spacial score (nSPS) is 11.2. The monoisotopic (exact) mass is 559 g/mol. The molecule has 13 heteroatoms. The molecule has 196 valence electrons. The molecule has 1 amide bonds. The van der Waals surface area contributed by atoms with Crippen molar-refractivity contribution in [3.8, 4) is 23.0 Å². The summed E-state index contributed by atoms with van der Waals surface area (Å²) in [6.45, 7) is 0. The summed E-state index contributed by atoms with van der Waals surface area (Å²) in [6, 6.07) is 16.5. The molecule has 0 spiro atoms. The molecule has 4 aromatic rings. The van der Waals surface area contributed by atoms with Crippen molar-refractivity contribution in [2.45, 2.75) is 4.90 Å². The molecule has 0 aliphatic carbocycles. The van der Waals surface area contributed by atoms with Crippen LogP contribution in [0.15, 0.2) is 81.9 Å². The molecule has 0 fully saturated rings. The van der Waals surface area contributed by atoms with Crippen LogP contribution in [0.1, 0.15) is 10.4 Å². The zero-order valence-electron chi connectivity index (χ0n) is 21.5. The third-order valence-electron chi connectivity index (χ3n) is 5.56. The van der Waals surface area contributed by atoms with Gasteiger partial charge in [0.2, 0.25) is 0 Å². The first-order valence-corrected chi connectivity index (χ1v) is 12.4. The maximum Gasteiger partial charge on any atom is 1.00 e. The Bertz CT molecular complexity index is 1660. The van der Waals surface area contributed by atoms with Gasteiger partial charge in [-0.3, -0.25) is 4.79 Å². The number of amides is 1. The van der Waals surface area contributed by atoms with Crippen LogP contribution in [0.3, 0.4) is 0 Å². The maximum atomic E-state index is 12.8. The second kappa shape index (κ2) is 12.5. The van der Waals surface area contributed by atoms with Gasteiger partial charge in [0, 0.05) is 16.6 Å². The van der Waals surface area contributed by atoms with Crippen molar-refractivity contribution in [3.63, 3.8) is 0 Å². The number of carbonyl (C=O) groups is 1. The summed E-state index contributed by atoms with van der Waals surface area (Å²) in [5, 5.41) is 21.7. The Hall–Kier alpha value is -3.68. The molecule has 0 heterocycles. The van der Waals surface area contributed by atoms with E-state index in [1.165, 1.54) is 45.6 Å². The first-order chi connectivity index (χ1) is 18.1. The van der Waals surface area contributed by atoms with Gasteiger partial charge in [-0.1, -0.05) is 0 Å². The van der Waals surface area contributed by atoms with Crippen LogP contribution in [0.4, 0.5) is 17.1 Å². The van der Waals surface area contributed by atoms with Crippen molar-refractivity contribution in [1.82, 2.24) is 0 Å². The molecular weight excluding hydrogens is 537 g/mol. The van der Waals surface area contributed by atoms with Crippen LogP contribution in [0.2, 0.25) is 0 Å². The molecule has 11 nitrogen and oxygen atoms in total. The number of carbonyl (C=O) groups excluding carboxylic acids is 1. The molecule has 0 atom stereocenters. The quantitative estimate of drug-likeness (QED) is 0.189. The molecule has 0 aliphatic heterocycles. The van der Waals surface area contributed by atoms with E-state index in [4.69, 9.17) is 14.2 Å². The summed E-state index contributed by atoms with van der Waals surface area (Å²) in [7, 11) is -0.628. The molecule has 0 bridgehead atoms. The predicted molar refractivity (Wildman–Crippen MR) is 138 cm³/mol. The Morgan fingerprint density at radius 1 is 0.872 bits per heavy atom. The summed E-state index contributed by atoms with van der Waals surface area (Å²) < 4.78 is 51.6. The third-order valence-corrected chi connectivity index (χ3v) is 6.41. The third kappa shape index (κ3) is 6.67. The minimum atomic E-state index is -5.05. The van der Waals surface area contributed by atoms with Gasteiger partial charge in [-0.2, -0.15) is 5.11 Å². The number of rotatable bonds is 8. The number of anilines is 1. The number of hydrogen-bond donors (Lipinski definition) is 2. The van der Waals surface area contributed by atoms with E-state index in [0.717, 1.165) is 6.07 Å². The Labute approximate surface area is 246 Å². The summed E-state index contributed by atoms with van der Waals surface area (Å²) >= 11 is 0. The van der Waals surface area contributed by atoms with Crippen molar-refractivity contribution in [2.75, 3.05) is 26.6 Å².